The van der Waals surface area contributed by atoms with Crippen molar-refractivity contribution < 1.29 is 9.53 Å². The van der Waals surface area contributed by atoms with Crippen molar-refractivity contribution in [2.45, 2.75) is 58.0 Å². The molecule has 0 spiro atoms. The van der Waals surface area contributed by atoms with Crippen LogP contribution in [-0.4, -0.2) is 70.2 Å². The number of amides is 1. The molecule has 4 aromatic rings. The highest BCUT2D eigenvalue weighted by Crippen LogP contribution is 2.27. The summed E-state index contributed by atoms with van der Waals surface area (Å²) in [5.41, 5.74) is 9.79. The molecule has 1 aliphatic rings. The Labute approximate surface area is 253 Å². The third kappa shape index (κ3) is 7.99. The molecule has 4 N–H and O–H groups in total. The molecule has 11 nitrogen and oxygen atoms in total. The molecule has 0 radical (unpaired) electrons. The van der Waals surface area contributed by atoms with Gasteiger partial charge in [-0.1, -0.05) is 32.0 Å². The summed E-state index contributed by atoms with van der Waals surface area (Å²) in [6.45, 7) is 7.36. The van der Waals surface area contributed by atoms with Gasteiger partial charge in [0.25, 0.3) is 0 Å². The lowest BCUT2D eigenvalue weighted by molar-refractivity contribution is -0.116. The molecule has 5 rings (SSSR count). The van der Waals surface area contributed by atoms with Gasteiger partial charge in [0.15, 0.2) is 5.65 Å². The van der Waals surface area contributed by atoms with Gasteiger partial charge in [-0.15, -0.1) is 0 Å². The minimum absolute atomic E-state index is 0.00406. The number of nitrogens with zero attached hydrogens (tertiary/aromatic N) is 6. The summed E-state index contributed by atoms with van der Waals surface area (Å²) in [6.07, 6.45) is 5.01. The monoisotopic (exact) mass is 585 g/mol. The molecule has 0 bridgehead atoms. The Morgan fingerprint density at radius 2 is 1.84 bits per heavy atom. The molecule has 228 valence electrons. The predicted octanol–water partition coefficient (Wildman–Crippen LogP) is 4.86. The lowest BCUT2D eigenvalue weighted by Gasteiger charge is -2.30. The third-order valence-corrected chi connectivity index (χ3v) is 7.54. The second-order valence-electron chi connectivity index (χ2n) is 11.7. The van der Waals surface area contributed by atoms with Crippen LogP contribution in [0.4, 0.5) is 17.6 Å². The Bertz CT molecular complexity index is 1530. The van der Waals surface area contributed by atoms with Crippen LogP contribution in [0.25, 0.3) is 5.65 Å². The van der Waals surface area contributed by atoms with E-state index in [1.807, 2.05) is 68.8 Å². The Morgan fingerprint density at radius 3 is 2.58 bits per heavy atom. The number of rotatable bonds is 12. The Balaban J connectivity index is 1.27. The number of nitrogens with one attached hydrogen (secondary N) is 2. The number of hydrogen-bond donors (Lipinski definition) is 3. The van der Waals surface area contributed by atoms with Crippen LogP contribution in [-0.2, 0) is 11.3 Å². The lowest BCUT2D eigenvalue weighted by atomic mass is 10.1. The maximum absolute atomic E-state index is 12.3. The first kappa shape index (κ1) is 30.2. The van der Waals surface area contributed by atoms with Crippen molar-refractivity contribution in [2.24, 2.45) is 5.73 Å². The van der Waals surface area contributed by atoms with E-state index in [1.54, 1.807) is 4.52 Å². The van der Waals surface area contributed by atoms with Gasteiger partial charge in [0.2, 0.25) is 17.8 Å². The highest BCUT2D eigenvalue weighted by Gasteiger charge is 2.22. The van der Waals surface area contributed by atoms with E-state index in [-0.39, 0.29) is 17.9 Å². The van der Waals surface area contributed by atoms with Crippen LogP contribution >= 0.6 is 0 Å². The second-order valence-corrected chi connectivity index (χ2v) is 11.7. The fourth-order valence-corrected chi connectivity index (χ4v) is 5.10. The van der Waals surface area contributed by atoms with Crippen molar-refractivity contribution in [3.63, 3.8) is 0 Å². The van der Waals surface area contributed by atoms with E-state index in [2.05, 4.69) is 39.4 Å². The van der Waals surface area contributed by atoms with Crippen molar-refractivity contribution >= 4 is 29.1 Å². The van der Waals surface area contributed by atoms with Gasteiger partial charge < -0.3 is 30.9 Å². The molecule has 0 saturated carbocycles. The third-order valence-electron chi connectivity index (χ3n) is 7.54. The van der Waals surface area contributed by atoms with Gasteiger partial charge in [0, 0.05) is 49.4 Å². The topological polar surface area (TPSA) is 126 Å². The number of piperidine rings is 1. The van der Waals surface area contributed by atoms with Gasteiger partial charge >= 0.3 is 0 Å². The van der Waals surface area contributed by atoms with Crippen LogP contribution in [0.3, 0.4) is 0 Å². The van der Waals surface area contributed by atoms with E-state index < -0.39 is 0 Å². The largest absolute Gasteiger partial charge is 0.457 e. The summed E-state index contributed by atoms with van der Waals surface area (Å²) in [7, 11) is 4.01. The number of nitrogens with two attached hydrogens (primary N) is 1. The van der Waals surface area contributed by atoms with E-state index in [0.29, 0.717) is 42.0 Å². The molecular formula is C32H43N9O2. The number of benzene rings is 2. The molecule has 2 aromatic heterocycles. The molecule has 0 aliphatic carbocycles. The van der Waals surface area contributed by atoms with E-state index in [4.69, 9.17) is 20.4 Å². The first-order valence-electron chi connectivity index (χ1n) is 15.1. The highest BCUT2D eigenvalue weighted by atomic mass is 16.5. The van der Waals surface area contributed by atoms with Crippen molar-refractivity contribution in [1.82, 2.24) is 24.5 Å². The zero-order valence-electron chi connectivity index (χ0n) is 25.6. The van der Waals surface area contributed by atoms with Crippen molar-refractivity contribution in [2.75, 3.05) is 49.3 Å². The fraction of sp³-hybridized carbons (Fsp3) is 0.438. The Morgan fingerprint density at radius 1 is 1.09 bits per heavy atom. The van der Waals surface area contributed by atoms with Gasteiger partial charge in [0.1, 0.15) is 11.5 Å². The average Bonchev–Trinajstić information content (AvgIpc) is 3.41. The normalized spacial score (nSPS) is 14.1. The zero-order chi connectivity index (χ0) is 30.3. The summed E-state index contributed by atoms with van der Waals surface area (Å²) in [4.78, 5) is 26.4. The fourth-order valence-electron chi connectivity index (χ4n) is 5.10. The predicted molar refractivity (Wildman–Crippen MR) is 171 cm³/mol. The quantitative estimate of drug-likeness (QED) is 0.214. The number of hydrogen-bond acceptors (Lipinski definition) is 9. The molecule has 1 aliphatic heterocycles. The number of fused-ring (bicyclic) bond motifs is 1. The molecule has 1 fully saturated rings. The first-order valence-corrected chi connectivity index (χ1v) is 15.1. The minimum atomic E-state index is -0.00406. The van der Waals surface area contributed by atoms with Crippen LogP contribution in [0, 0.1) is 0 Å². The van der Waals surface area contributed by atoms with Crippen LogP contribution in [0.5, 0.6) is 11.5 Å². The number of anilines is 3. The summed E-state index contributed by atoms with van der Waals surface area (Å²) >= 11 is 0. The molecular weight excluding hydrogens is 542 g/mol. The lowest BCUT2D eigenvalue weighted by Crippen LogP contribution is -2.40. The van der Waals surface area contributed by atoms with E-state index in [0.717, 1.165) is 55.7 Å². The number of aromatic nitrogens is 4. The molecule has 11 heteroatoms. The summed E-state index contributed by atoms with van der Waals surface area (Å²) in [5, 5.41) is 11.1. The maximum Gasteiger partial charge on any atom is 0.230 e. The molecule has 3 heterocycles. The minimum Gasteiger partial charge on any atom is -0.457 e. The van der Waals surface area contributed by atoms with Gasteiger partial charge in [-0.2, -0.15) is 19.6 Å². The summed E-state index contributed by atoms with van der Waals surface area (Å²) < 4.78 is 7.95. The van der Waals surface area contributed by atoms with E-state index in [1.165, 1.54) is 0 Å². The molecule has 43 heavy (non-hydrogen) atoms. The van der Waals surface area contributed by atoms with Crippen LogP contribution in [0.15, 0.2) is 54.7 Å². The number of ether oxygens (including phenoxy) is 1. The SMILES string of the molecule is CC(C)c1cnn2c(NCc3cccc(Oc4cccc(NC(=O)CCCN(C)C)c4)c3)nc(N3CCC(N)CC3)nc12. The smallest absolute Gasteiger partial charge is 0.230 e. The van der Waals surface area contributed by atoms with Crippen molar-refractivity contribution in [1.29, 1.82) is 0 Å². The Hall–Kier alpha value is -4.22. The molecule has 0 unspecified atom stereocenters. The number of carbonyl (C=O) groups is 1. The van der Waals surface area contributed by atoms with Crippen molar-refractivity contribution in [3.05, 3.63) is 65.9 Å². The van der Waals surface area contributed by atoms with Gasteiger partial charge in [-0.05, 0) is 75.6 Å². The van der Waals surface area contributed by atoms with Crippen LogP contribution in [0.2, 0.25) is 0 Å². The van der Waals surface area contributed by atoms with Crippen LogP contribution < -0.4 is 26.0 Å². The zero-order valence-corrected chi connectivity index (χ0v) is 25.6. The summed E-state index contributed by atoms with van der Waals surface area (Å²) in [5.74, 6) is 2.97. The number of carbonyl (C=O) groups excluding carboxylic acids is 1. The average molecular weight is 586 g/mol. The molecule has 2 aromatic carbocycles. The molecule has 1 saturated heterocycles. The van der Waals surface area contributed by atoms with E-state index in [9.17, 15) is 4.79 Å². The summed E-state index contributed by atoms with van der Waals surface area (Å²) in [6, 6.07) is 15.6. The Kier molecular flexibility index (Phi) is 9.73. The molecule has 1 amide bonds. The first-order chi connectivity index (χ1) is 20.7. The second kappa shape index (κ2) is 13.8. The van der Waals surface area contributed by atoms with E-state index >= 15 is 0 Å². The van der Waals surface area contributed by atoms with Gasteiger partial charge in [0.05, 0.1) is 6.20 Å². The maximum atomic E-state index is 12.3. The van der Waals surface area contributed by atoms with Gasteiger partial charge in [-0.25, -0.2) is 0 Å². The van der Waals surface area contributed by atoms with Gasteiger partial charge in [-0.3, -0.25) is 4.79 Å². The molecule has 0 atom stereocenters. The van der Waals surface area contributed by atoms with Crippen molar-refractivity contribution in [3.8, 4) is 11.5 Å². The van der Waals surface area contributed by atoms with Crippen LogP contribution in [0.1, 0.15) is 56.6 Å². The highest BCUT2D eigenvalue weighted by molar-refractivity contribution is 5.90. The standard InChI is InChI=1S/C32H43N9O2/c1-22(2)28-21-35-41-30(28)37-32(40-16-13-24(33)14-17-40)38-31(41)34-20-23-8-5-10-26(18-23)43-27-11-6-9-25(19-27)36-29(42)12-7-15-39(3)4/h5-6,8-11,18-19,21-22,24H,7,12-17,20,33H2,1-4H3,(H,36,42)(H,34,37,38).